The number of hydrogen-bond acceptors (Lipinski definition) is 6. The molecule has 4 saturated carbocycles. The van der Waals surface area contributed by atoms with E-state index in [4.69, 9.17) is 9.47 Å². The second-order valence-corrected chi connectivity index (χ2v) is 18.1. The molecule has 0 aromatic rings. The van der Waals surface area contributed by atoms with Crippen molar-refractivity contribution in [2.24, 2.45) is 52.3 Å². The summed E-state index contributed by atoms with van der Waals surface area (Å²) in [7, 11) is 0. The maximum absolute atomic E-state index is 13.2. The largest absolute Gasteiger partial charge is 0.353 e. The van der Waals surface area contributed by atoms with Crippen molar-refractivity contribution in [3.05, 3.63) is 0 Å². The van der Waals surface area contributed by atoms with Gasteiger partial charge in [-0.25, -0.2) is 0 Å². The minimum absolute atomic E-state index is 0.00235. The zero-order chi connectivity index (χ0) is 33.8. The van der Waals surface area contributed by atoms with Crippen molar-refractivity contribution in [3.63, 3.8) is 0 Å². The Bertz CT molecular complexity index is 1160. The molecule has 1 N–H and O–H groups in total. The van der Waals surface area contributed by atoms with Gasteiger partial charge in [-0.2, -0.15) is 0 Å². The molecular formula is C40H68N4O4. The minimum Gasteiger partial charge on any atom is -0.353 e. The monoisotopic (exact) mass is 669 g/mol. The van der Waals surface area contributed by atoms with E-state index in [-0.39, 0.29) is 30.1 Å². The Morgan fingerprint density at radius 3 is 2.33 bits per heavy atom. The fourth-order valence-corrected chi connectivity index (χ4v) is 13.0. The highest BCUT2D eigenvalue weighted by atomic mass is 16.7. The molecule has 272 valence electrons. The summed E-state index contributed by atoms with van der Waals surface area (Å²) in [5.74, 6) is 4.36. The standard InChI is InChI=1S/C40H68N4O4/c1-7-42(8-2)17-18-43-19-21-44(22-20-43)36(46)25-35(45)41-30-12-14-38(5)29(23-30)9-10-31-32(38)13-15-39(6)33(31)24-34-37(39)28(4)40(48-34)16-11-27(3)26-47-40/h27-34,37H,7-26H2,1-6H3,(H,41,45)/t27-,28+,29-,30+,31-,32?,33+,34+,37+,38+,39+,40-/m1/s1. The van der Waals surface area contributed by atoms with Gasteiger partial charge in [0.1, 0.15) is 6.42 Å². The molecule has 2 amide bonds. The number of piperazine rings is 1. The number of rotatable bonds is 8. The van der Waals surface area contributed by atoms with Crippen LogP contribution < -0.4 is 5.32 Å². The Balaban J connectivity index is 0.896. The van der Waals surface area contributed by atoms with E-state index in [2.05, 4.69) is 56.7 Å². The van der Waals surface area contributed by atoms with Crippen LogP contribution in [0.5, 0.6) is 0 Å². The molecule has 3 aliphatic heterocycles. The predicted octanol–water partition coefficient (Wildman–Crippen LogP) is 5.79. The zero-order valence-corrected chi connectivity index (χ0v) is 31.3. The predicted molar refractivity (Wildman–Crippen MR) is 189 cm³/mol. The molecule has 0 radical (unpaired) electrons. The third-order valence-corrected chi connectivity index (χ3v) is 16.0. The van der Waals surface area contributed by atoms with Gasteiger partial charge in [0.15, 0.2) is 5.79 Å². The molecule has 7 aliphatic rings. The van der Waals surface area contributed by atoms with Crippen molar-refractivity contribution < 1.29 is 19.1 Å². The molecule has 0 aromatic heterocycles. The van der Waals surface area contributed by atoms with Crippen LogP contribution in [-0.2, 0) is 19.1 Å². The van der Waals surface area contributed by atoms with Crippen molar-refractivity contribution in [1.29, 1.82) is 0 Å². The Kier molecular flexibility index (Phi) is 10.1. The van der Waals surface area contributed by atoms with Crippen LogP contribution in [0.2, 0.25) is 0 Å². The summed E-state index contributed by atoms with van der Waals surface area (Å²) in [5.41, 5.74) is 0.723. The van der Waals surface area contributed by atoms with E-state index in [1.165, 1.54) is 44.9 Å². The molecular weight excluding hydrogens is 600 g/mol. The van der Waals surface area contributed by atoms with Gasteiger partial charge in [-0.05, 0) is 117 Å². The molecule has 3 heterocycles. The second-order valence-electron chi connectivity index (χ2n) is 18.1. The Morgan fingerprint density at radius 2 is 1.62 bits per heavy atom. The molecule has 7 rings (SSSR count). The lowest BCUT2D eigenvalue weighted by Crippen LogP contribution is -2.56. The molecule has 8 heteroatoms. The molecule has 8 nitrogen and oxygen atoms in total. The normalized spacial score (nSPS) is 45.8. The van der Waals surface area contributed by atoms with Gasteiger partial charge in [0.05, 0.1) is 12.7 Å². The molecule has 0 aromatic carbocycles. The highest BCUT2D eigenvalue weighted by molar-refractivity contribution is 5.97. The Morgan fingerprint density at radius 1 is 0.875 bits per heavy atom. The van der Waals surface area contributed by atoms with Crippen LogP contribution in [0.25, 0.3) is 0 Å². The Hall–Kier alpha value is -1.22. The third-order valence-electron chi connectivity index (χ3n) is 16.0. The van der Waals surface area contributed by atoms with Crippen LogP contribution in [-0.4, -0.2) is 103 Å². The lowest BCUT2D eigenvalue weighted by atomic mass is 9.44. The van der Waals surface area contributed by atoms with Crippen molar-refractivity contribution in [1.82, 2.24) is 20.0 Å². The maximum atomic E-state index is 13.2. The number of ether oxygens (including phenoxy) is 2. The van der Waals surface area contributed by atoms with E-state index < -0.39 is 0 Å². The van der Waals surface area contributed by atoms with E-state index in [1.807, 2.05) is 4.90 Å². The number of hydrogen-bond donors (Lipinski definition) is 1. The number of fused-ring (bicyclic) bond motifs is 7. The summed E-state index contributed by atoms with van der Waals surface area (Å²) >= 11 is 0. The number of nitrogens with zero attached hydrogens (tertiary/aromatic N) is 3. The molecule has 4 aliphatic carbocycles. The number of carbonyl (C=O) groups excluding carboxylic acids is 2. The van der Waals surface area contributed by atoms with Crippen LogP contribution in [0.15, 0.2) is 0 Å². The lowest BCUT2D eigenvalue weighted by Gasteiger charge is -2.61. The summed E-state index contributed by atoms with van der Waals surface area (Å²) < 4.78 is 13.5. The van der Waals surface area contributed by atoms with Crippen LogP contribution in [0.4, 0.5) is 0 Å². The first-order valence-corrected chi connectivity index (χ1v) is 20.3. The first kappa shape index (κ1) is 35.2. The summed E-state index contributed by atoms with van der Waals surface area (Å²) in [6, 6.07) is 0.209. The van der Waals surface area contributed by atoms with Gasteiger partial charge in [0.25, 0.3) is 0 Å². The molecule has 3 saturated heterocycles. The molecule has 1 unspecified atom stereocenters. The number of carbonyl (C=O) groups is 2. The first-order valence-electron chi connectivity index (χ1n) is 20.3. The van der Waals surface area contributed by atoms with Gasteiger partial charge in [-0.15, -0.1) is 0 Å². The van der Waals surface area contributed by atoms with Gasteiger partial charge < -0.3 is 24.6 Å². The molecule has 48 heavy (non-hydrogen) atoms. The lowest BCUT2D eigenvalue weighted by molar-refractivity contribution is -0.273. The average molecular weight is 669 g/mol. The van der Waals surface area contributed by atoms with E-state index in [0.717, 1.165) is 96.0 Å². The number of amides is 2. The van der Waals surface area contributed by atoms with E-state index >= 15 is 0 Å². The smallest absolute Gasteiger partial charge is 0.232 e. The topological polar surface area (TPSA) is 74.4 Å². The second kappa shape index (κ2) is 13.7. The van der Waals surface area contributed by atoms with Crippen molar-refractivity contribution in [3.8, 4) is 0 Å². The van der Waals surface area contributed by atoms with Gasteiger partial charge in [-0.1, -0.05) is 41.5 Å². The summed E-state index contributed by atoms with van der Waals surface area (Å²) in [5, 5.41) is 3.34. The van der Waals surface area contributed by atoms with Gasteiger partial charge >= 0.3 is 0 Å². The summed E-state index contributed by atoms with van der Waals surface area (Å²) in [6.45, 7) is 22.9. The van der Waals surface area contributed by atoms with Crippen LogP contribution in [0.1, 0.15) is 112 Å². The van der Waals surface area contributed by atoms with Gasteiger partial charge in [0, 0.05) is 57.6 Å². The molecule has 1 spiro atoms. The quantitative estimate of drug-likeness (QED) is 0.330. The summed E-state index contributed by atoms with van der Waals surface area (Å²) in [6.07, 6.45) is 12.5. The van der Waals surface area contributed by atoms with Crippen molar-refractivity contribution in [2.45, 2.75) is 130 Å². The third kappa shape index (κ3) is 6.19. The molecule has 0 bridgehead atoms. The van der Waals surface area contributed by atoms with E-state index in [0.29, 0.717) is 40.6 Å². The molecule has 7 fully saturated rings. The molecule has 12 atom stereocenters. The van der Waals surface area contributed by atoms with Crippen LogP contribution >= 0.6 is 0 Å². The van der Waals surface area contributed by atoms with Crippen molar-refractivity contribution >= 4 is 11.8 Å². The highest BCUT2D eigenvalue weighted by Gasteiger charge is 2.69. The van der Waals surface area contributed by atoms with Gasteiger partial charge in [-0.3, -0.25) is 14.5 Å². The van der Waals surface area contributed by atoms with Gasteiger partial charge in [0.2, 0.25) is 11.8 Å². The fourth-order valence-electron chi connectivity index (χ4n) is 13.0. The van der Waals surface area contributed by atoms with E-state index in [9.17, 15) is 9.59 Å². The van der Waals surface area contributed by atoms with Crippen LogP contribution in [0.3, 0.4) is 0 Å². The first-order chi connectivity index (χ1) is 23.0. The SMILES string of the molecule is CCN(CC)CCN1CCN(C(=O)CC(=O)N[C@H]2CC[C@]3(C)C4CC[C@]5(C)[C@@H]6[C@H](C[C@H]5[C@@H]4CC[C@@H]3C2)O[C@]2(CC[C@@H](C)CO2)[C@H]6C)CC1. The highest BCUT2D eigenvalue weighted by Crippen LogP contribution is 2.71. The zero-order valence-electron chi connectivity index (χ0n) is 31.3. The number of likely N-dealkylation sites (N-methyl/N-ethyl adjacent to an activating group) is 1. The van der Waals surface area contributed by atoms with Crippen molar-refractivity contribution in [2.75, 3.05) is 59.0 Å². The fraction of sp³-hybridized carbons (Fsp3) is 0.950. The average Bonchev–Trinajstić information content (AvgIpc) is 3.52. The van der Waals surface area contributed by atoms with E-state index in [1.54, 1.807) is 0 Å². The number of nitrogens with one attached hydrogen (secondary N) is 1. The Labute approximate surface area is 291 Å². The minimum atomic E-state index is -0.330. The summed E-state index contributed by atoms with van der Waals surface area (Å²) in [4.78, 5) is 33.1. The van der Waals surface area contributed by atoms with Crippen LogP contribution in [0, 0.1) is 52.3 Å². The maximum Gasteiger partial charge on any atom is 0.232 e.